The van der Waals surface area contributed by atoms with Crippen LogP contribution in [0.15, 0.2) is 24.3 Å². The molecule has 2 N–H and O–H groups in total. The molecule has 1 fully saturated rings. The van der Waals surface area contributed by atoms with Crippen LogP contribution in [-0.2, 0) is 4.79 Å². The van der Waals surface area contributed by atoms with Gasteiger partial charge in [-0.05, 0) is 31.0 Å². The van der Waals surface area contributed by atoms with Crippen LogP contribution in [0.1, 0.15) is 6.42 Å². The average molecular weight is 262 g/mol. The zero-order chi connectivity index (χ0) is 13.2. The van der Waals surface area contributed by atoms with Crippen molar-refractivity contribution in [2.45, 2.75) is 12.5 Å². The van der Waals surface area contributed by atoms with Gasteiger partial charge in [-0.2, -0.15) is 0 Å². The highest BCUT2D eigenvalue weighted by atomic mass is 16.6. The maximum atomic E-state index is 12.4. The molecule has 1 aromatic rings. The predicted octanol–water partition coefficient (Wildman–Crippen LogP) is 0.634. The number of benzene rings is 1. The molecule has 2 aliphatic rings. The van der Waals surface area contributed by atoms with Crippen LogP contribution < -0.4 is 15.2 Å². The summed E-state index contributed by atoms with van der Waals surface area (Å²) in [6, 6.07) is 7.42. The van der Waals surface area contributed by atoms with E-state index in [0.29, 0.717) is 24.0 Å². The molecule has 2 atom stereocenters. The van der Waals surface area contributed by atoms with Gasteiger partial charge in [-0.25, -0.2) is 0 Å². The average Bonchev–Trinajstić information content (AvgIpc) is 2.95. The van der Waals surface area contributed by atoms with E-state index >= 15 is 0 Å². The first-order chi connectivity index (χ1) is 9.28. The van der Waals surface area contributed by atoms with Gasteiger partial charge >= 0.3 is 0 Å². The number of amides is 1. The number of para-hydroxylation sites is 2. The first kappa shape index (κ1) is 12.3. The van der Waals surface area contributed by atoms with E-state index in [1.165, 1.54) is 0 Å². The van der Waals surface area contributed by atoms with Crippen molar-refractivity contribution in [1.29, 1.82) is 0 Å². The van der Waals surface area contributed by atoms with E-state index in [4.69, 9.17) is 15.2 Å². The normalized spacial score (nSPS) is 25.4. The Morgan fingerprint density at radius 2 is 2.16 bits per heavy atom. The van der Waals surface area contributed by atoms with Crippen molar-refractivity contribution in [2.24, 2.45) is 11.7 Å². The van der Waals surface area contributed by atoms with Gasteiger partial charge in [0.1, 0.15) is 6.61 Å². The molecule has 0 spiro atoms. The minimum atomic E-state index is -0.536. The summed E-state index contributed by atoms with van der Waals surface area (Å²) in [7, 11) is 0. The van der Waals surface area contributed by atoms with Crippen molar-refractivity contribution < 1.29 is 14.3 Å². The van der Waals surface area contributed by atoms with E-state index in [1.54, 1.807) is 0 Å². The van der Waals surface area contributed by atoms with Crippen LogP contribution in [0, 0.1) is 5.92 Å². The SMILES string of the molecule is NC[C@H]1CCN(C(=O)[C@H]2COc3ccccc3O2)C1. The van der Waals surface area contributed by atoms with Crippen LogP contribution in [0.2, 0.25) is 0 Å². The van der Waals surface area contributed by atoms with Gasteiger partial charge in [0.25, 0.3) is 5.91 Å². The molecule has 1 aromatic carbocycles. The first-order valence-corrected chi connectivity index (χ1v) is 6.65. The number of carbonyl (C=O) groups is 1. The molecule has 5 heteroatoms. The number of ether oxygens (including phenoxy) is 2. The Balaban J connectivity index is 1.66. The van der Waals surface area contributed by atoms with Crippen LogP contribution in [0.4, 0.5) is 0 Å². The highest BCUT2D eigenvalue weighted by molar-refractivity contribution is 5.82. The Bertz CT molecular complexity index is 478. The molecule has 0 radical (unpaired) electrons. The molecule has 19 heavy (non-hydrogen) atoms. The van der Waals surface area contributed by atoms with E-state index < -0.39 is 6.10 Å². The zero-order valence-corrected chi connectivity index (χ0v) is 10.7. The van der Waals surface area contributed by atoms with Gasteiger partial charge < -0.3 is 20.1 Å². The Hall–Kier alpha value is -1.75. The van der Waals surface area contributed by atoms with Gasteiger partial charge in [0.2, 0.25) is 6.10 Å². The van der Waals surface area contributed by atoms with Crippen LogP contribution in [0.3, 0.4) is 0 Å². The minimum absolute atomic E-state index is 0.00505. The summed E-state index contributed by atoms with van der Waals surface area (Å²) >= 11 is 0. The summed E-state index contributed by atoms with van der Waals surface area (Å²) in [5, 5.41) is 0. The third-order valence-electron chi connectivity index (χ3n) is 3.71. The number of carbonyl (C=O) groups excluding carboxylic acids is 1. The molecule has 0 unspecified atom stereocenters. The molecular formula is C14H18N2O3. The molecule has 102 valence electrons. The number of rotatable bonds is 2. The standard InChI is InChI=1S/C14H18N2O3/c15-7-10-5-6-16(8-10)14(17)13-9-18-11-3-1-2-4-12(11)19-13/h1-4,10,13H,5-9,15H2/t10-,13-/m1/s1. The van der Waals surface area contributed by atoms with Crippen molar-refractivity contribution in [2.75, 3.05) is 26.2 Å². The molecule has 3 rings (SSSR count). The lowest BCUT2D eigenvalue weighted by atomic mass is 10.1. The Labute approximate surface area is 112 Å². The number of likely N-dealkylation sites (tertiary alicyclic amines) is 1. The first-order valence-electron chi connectivity index (χ1n) is 6.65. The maximum absolute atomic E-state index is 12.4. The second kappa shape index (κ2) is 5.09. The lowest BCUT2D eigenvalue weighted by Gasteiger charge is -2.28. The van der Waals surface area contributed by atoms with Crippen LogP contribution in [0.5, 0.6) is 11.5 Å². The summed E-state index contributed by atoms with van der Waals surface area (Å²) in [5.41, 5.74) is 5.64. The summed E-state index contributed by atoms with van der Waals surface area (Å²) in [6.07, 6.45) is 0.443. The lowest BCUT2D eigenvalue weighted by molar-refractivity contribution is -0.140. The topological polar surface area (TPSA) is 64.8 Å². The third-order valence-corrected chi connectivity index (χ3v) is 3.71. The fraction of sp³-hybridized carbons (Fsp3) is 0.500. The second-order valence-electron chi connectivity index (χ2n) is 5.04. The molecule has 2 heterocycles. The van der Waals surface area contributed by atoms with Gasteiger partial charge in [0, 0.05) is 13.1 Å². The van der Waals surface area contributed by atoms with Crippen LogP contribution >= 0.6 is 0 Å². The van der Waals surface area contributed by atoms with E-state index in [1.807, 2.05) is 29.2 Å². The van der Waals surface area contributed by atoms with E-state index in [9.17, 15) is 4.79 Å². The zero-order valence-electron chi connectivity index (χ0n) is 10.7. The van der Waals surface area contributed by atoms with E-state index in [2.05, 4.69) is 0 Å². The summed E-state index contributed by atoms with van der Waals surface area (Å²) in [4.78, 5) is 14.2. The highest BCUT2D eigenvalue weighted by Gasteiger charge is 2.34. The summed E-state index contributed by atoms with van der Waals surface area (Å²) < 4.78 is 11.3. The van der Waals surface area contributed by atoms with Crippen molar-refractivity contribution in [1.82, 2.24) is 4.90 Å². The molecule has 0 bridgehead atoms. The van der Waals surface area contributed by atoms with E-state index in [0.717, 1.165) is 19.5 Å². The second-order valence-corrected chi connectivity index (χ2v) is 5.04. The van der Waals surface area contributed by atoms with Crippen molar-refractivity contribution in [3.05, 3.63) is 24.3 Å². The fourth-order valence-corrected chi connectivity index (χ4v) is 2.57. The van der Waals surface area contributed by atoms with Crippen LogP contribution in [0.25, 0.3) is 0 Å². The number of hydrogen-bond donors (Lipinski definition) is 1. The van der Waals surface area contributed by atoms with E-state index in [-0.39, 0.29) is 12.5 Å². The third kappa shape index (κ3) is 2.38. The quantitative estimate of drug-likeness (QED) is 0.849. The molecule has 0 aromatic heterocycles. The van der Waals surface area contributed by atoms with Crippen LogP contribution in [-0.4, -0.2) is 43.2 Å². The Morgan fingerprint density at radius 1 is 1.37 bits per heavy atom. The number of hydrogen-bond acceptors (Lipinski definition) is 4. The monoisotopic (exact) mass is 262 g/mol. The highest BCUT2D eigenvalue weighted by Crippen LogP contribution is 2.31. The molecule has 5 nitrogen and oxygen atoms in total. The molecule has 0 saturated carbocycles. The van der Waals surface area contributed by atoms with Crippen molar-refractivity contribution in [3.63, 3.8) is 0 Å². The molecule has 1 amide bonds. The molecule has 0 aliphatic carbocycles. The van der Waals surface area contributed by atoms with Gasteiger partial charge in [0.15, 0.2) is 11.5 Å². The Kier molecular flexibility index (Phi) is 3.29. The predicted molar refractivity (Wildman–Crippen MR) is 70.1 cm³/mol. The fourth-order valence-electron chi connectivity index (χ4n) is 2.57. The lowest BCUT2D eigenvalue weighted by Crippen LogP contribution is -2.45. The number of nitrogens with two attached hydrogens (primary N) is 1. The number of fused-ring (bicyclic) bond motifs is 1. The van der Waals surface area contributed by atoms with Gasteiger partial charge in [0.05, 0.1) is 0 Å². The minimum Gasteiger partial charge on any atom is -0.485 e. The Morgan fingerprint density at radius 3 is 2.89 bits per heavy atom. The molecule has 2 aliphatic heterocycles. The largest absolute Gasteiger partial charge is 0.485 e. The van der Waals surface area contributed by atoms with Gasteiger partial charge in [-0.1, -0.05) is 12.1 Å². The van der Waals surface area contributed by atoms with Gasteiger partial charge in [-0.15, -0.1) is 0 Å². The summed E-state index contributed by atoms with van der Waals surface area (Å²) in [6.45, 7) is 2.41. The van der Waals surface area contributed by atoms with Crippen molar-refractivity contribution in [3.8, 4) is 11.5 Å². The summed E-state index contributed by atoms with van der Waals surface area (Å²) in [5.74, 6) is 1.76. The maximum Gasteiger partial charge on any atom is 0.267 e. The molecule has 1 saturated heterocycles. The smallest absolute Gasteiger partial charge is 0.267 e. The molecular weight excluding hydrogens is 244 g/mol. The van der Waals surface area contributed by atoms with Crippen molar-refractivity contribution >= 4 is 5.91 Å². The number of nitrogens with zero attached hydrogens (tertiary/aromatic N) is 1. The van der Waals surface area contributed by atoms with Gasteiger partial charge in [-0.3, -0.25) is 4.79 Å².